The highest BCUT2D eigenvalue weighted by Crippen LogP contribution is 2.42. The number of nitriles is 1. The average Bonchev–Trinajstić information content (AvgIpc) is 2.66. The van der Waals surface area contributed by atoms with Gasteiger partial charge in [0.2, 0.25) is 5.88 Å². The Kier molecular flexibility index (Phi) is 6.22. The van der Waals surface area contributed by atoms with Crippen LogP contribution in [0.1, 0.15) is 17.9 Å². The van der Waals surface area contributed by atoms with E-state index in [0.29, 0.717) is 0 Å². The summed E-state index contributed by atoms with van der Waals surface area (Å²) in [4.78, 5) is 34.5. The van der Waals surface area contributed by atoms with Crippen molar-refractivity contribution in [2.45, 2.75) is 12.3 Å². The van der Waals surface area contributed by atoms with Crippen LogP contribution in [0.5, 0.6) is 0 Å². The molecule has 1 aromatic carbocycles. The van der Waals surface area contributed by atoms with Crippen LogP contribution in [0.15, 0.2) is 41.0 Å². The number of halogens is 1. The topological polar surface area (TPSA) is 155 Å². The van der Waals surface area contributed by atoms with Crippen molar-refractivity contribution in [3.05, 3.63) is 61.7 Å². The number of carbonyl (C=O) groups excluding carboxylic acids is 2. The molecular weight excluding hydrogens is 394 g/mol. The highest BCUT2D eigenvalue weighted by Gasteiger charge is 2.38. The van der Waals surface area contributed by atoms with E-state index in [1.165, 1.54) is 12.1 Å². The van der Waals surface area contributed by atoms with Crippen LogP contribution in [0, 0.1) is 21.4 Å². The Labute approximate surface area is 163 Å². The molecule has 0 saturated carbocycles. The van der Waals surface area contributed by atoms with Crippen LogP contribution < -0.4 is 5.73 Å². The van der Waals surface area contributed by atoms with Crippen LogP contribution in [0.2, 0.25) is 5.02 Å². The number of hydrogen-bond donors (Lipinski definition) is 1. The number of methoxy groups -OCH3 is 2. The van der Waals surface area contributed by atoms with Gasteiger partial charge in [-0.15, -0.1) is 0 Å². The Balaban J connectivity index is 2.72. The second-order valence-electron chi connectivity index (χ2n) is 5.47. The monoisotopic (exact) mass is 407 g/mol. The quantitative estimate of drug-likeness (QED) is 0.438. The predicted octanol–water partition coefficient (Wildman–Crippen LogP) is 2.05. The summed E-state index contributed by atoms with van der Waals surface area (Å²) in [5, 5.41) is 20.3. The molecule has 0 aliphatic carbocycles. The van der Waals surface area contributed by atoms with Gasteiger partial charge in [0.1, 0.15) is 28.8 Å². The molecule has 10 nitrogen and oxygen atoms in total. The Morgan fingerprint density at radius 1 is 1.39 bits per heavy atom. The molecule has 28 heavy (non-hydrogen) atoms. The van der Waals surface area contributed by atoms with Gasteiger partial charge in [-0.05, 0) is 11.6 Å². The van der Waals surface area contributed by atoms with Crippen molar-refractivity contribution in [2.24, 2.45) is 5.73 Å². The summed E-state index contributed by atoms with van der Waals surface area (Å²) in [6.07, 6.45) is -0.447. The van der Waals surface area contributed by atoms with E-state index in [0.717, 1.165) is 20.3 Å². The van der Waals surface area contributed by atoms with Crippen LogP contribution in [0.25, 0.3) is 0 Å². The molecule has 1 aliphatic rings. The van der Waals surface area contributed by atoms with Gasteiger partial charge in [0.15, 0.2) is 0 Å². The average molecular weight is 408 g/mol. The summed E-state index contributed by atoms with van der Waals surface area (Å²) < 4.78 is 14.7. The van der Waals surface area contributed by atoms with E-state index in [1.807, 2.05) is 6.07 Å². The van der Waals surface area contributed by atoms with Crippen LogP contribution in [-0.4, -0.2) is 31.1 Å². The molecule has 1 atom stereocenters. The largest absolute Gasteiger partial charge is 0.469 e. The minimum atomic E-state index is -1.11. The van der Waals surface area contributed by atoms with Crippen molar-refractivity contribution in [2.75, 3.05) is 14.2 Å². The molecule has 0 radical (unpaired) electrons. The molecule has 0 amide bonds. The summed E-state index contributed by atoms with van der Waals surface area (Å²) in [7, 11) is 2.26. The number of nitro groups is 1. The maximum Gasteiger partial charge on any atom is 0.338 e. The van der Waals surface area contributed by atoms with Gasteiger partial charge in [0, 0.05) is 6.07 Å². The zero-order chi connectivity index (χ0) is 21.0. The molecule has 0 saturated heterocycles. The van der Waals surface area contributed by atoms with Gasteiger partial charge in [0.05, 0.1) is 30.6 Å². The van der Waals surface area contributed by atoms with E-state index in [1.54, 1.807) is 0 Å². The number of benzene rings is 1. The third-order valence-corrected chi connectivity index (χ3v) is 4.24. The Morgan fingerprint density at radius 2 is 2.07 bits per heavy atom. The molecular formula is C17H14ClN3O7. The van der Waals surface area contributed by atoms with Crippen molar-refractivity contribution in [1.82, 2.24) is 0 Å². The second kappa shape index (κ2) is 8.41. The van der Waals surface area contributed by atoms with E-state index < -0.39 is 29.2 Å². The van der Waals surface area contributed by atoms with Gasteiger partial charge in [-0.3, -0.25) is 14.9 Å². The van der Waals surface area contributed by atoms with Crippen LogP contribution >= 0.6 is 11.6 Å². The van der Waals surface area contributed by atoms with E-state index >= 15 is 0 Å². The summed E-state index contributed by atoms with van der Waals surface area (Å²) in [5.41, 5.74) is 5.39. The fourth-order valence-electron chi connectivity index (χ4n) is 2.67. The van der Waals surface area contributed by atoms with Gasteiger partial charge in [0.25, 0.3) is 5.69 Å². The first-order valence-electron chi connectivity index (χ1n) is 7.64. The Hall–Kier alpha value is -3.58. The molecule has 0 aromatic heterocycles. The van der Waals surface area contributed by atoms with E-state index in [4.69, 9.17) is 26.8 Å². The van der Waals surface area contributed by atoms with E-state index in [-0.39, 0.29) is 39.1 Å². The lowest BCUT2D eigenvalue weighted by Crippen LogP contribution is -2.27. The first-order chi connectivity index (χ1) is 13.2. The van der Waals surface area contributed by atoms with Crippen molar-refractivity contribution in [3.63, 3.8) is 0 Å². The lowest BCUT2D eigenvalue weighted by atomic mass is 9.82. The number of allylic oxidation sites excluding steroid dienone is 1. The molecule has 0 fully saturated rings. The van der Waals surface area contributed by atoms with Crippen LogP contribution in [0.4, 0.5) is 5.69 Å². The van der Waals surface area contributed by atoms with Crippen LogP contribution in [0.3, 0.4) is 0 Å². The normalized spacial score (nSPS) is 16.1. The molecule has 11 heteroatoms. The summed E-state index contributed by atoms with van der Waals surface area (Å²) in [6.45, 7) is 0. The lowest BCUT2D eigenvalue weighted by Gasteiger charge is -2.27. The number of carbonyl (C=O) groups is 2. The summed E-state index contributed by atoms with van der Waals surface area (Å²) in [5.74, 6) is -3.18. The third-order valence-electron chi connectivity index (χ3n) is 3.94. The van der Waals surface area contributed by atoms with Gasteiger partial charge in [-0.2, -0.15) is 5.26 Å². The smallest absolute Gasteiger partial charge is 0.338 e. The number of nitrogens with zero attached hydrogens (tertiary/aromatic N) is 2. The maximum absolute atomic E-state index is 12.4. The molecule has 146 valence electrons. The van der Waals surface area contributed by atoms with E-state index in [2.05, 4.69) is 4.74 Å². The number of nitrogens with two attached hydrogens (primary N) is 1. The number of nitro benzene ring substituents is 1. The Bertz CT molecular complexity index is 962. The van der Waals surface area contributed by atoms with E-state index in [9.17, 15) is 25.0 Å². The molecule has 1 aliphatic heterocycles. The third kappa shape index (κ3) is 3.89. The molecule has 1 unspecified atom stereocenters. The van der Waals surface area contributed by atoms with Gasteiger partial charge in [-0.1, -0.05) is 17.7 Å². The van der Waals surface area contributed by atoms with Crippen LogP contribution in [-0.2, 0) is 23.8 Å². The molecule has 1 aromatic rings. The second-order valence-corrected chi connectivity index (χ2v) is 5.88. The standard InChI is InChI=1S/C17H14ClN3O7/c1-26-13(22)6-12-15(17(23)27-2)14(9(7-19)16(20)28-12)8-3-4-11(21(24)25)10(18)5-8/h3-5,14H,6,20H2,1-2H3. The fraction of sp³-hybridized carbons (Fsp3) is 0.235. The molecule has 0 spiro atoms. The number of esters is 2. The number of ether oxygens (including phenoxy) is 3. The highest BCUT2D eigenvalue weighted by atomic mass is 35.5. The van der Waals surface area contributed by atoms with Gasteiger partial charge >= 0.3 is 11.9 Å². The molecule has 2 rings (SSSR count). The summed E-state index contributed by atoms with van der Waals surface area (Å²) >= 11 is 5.97. The minimum absolute atomic E-state index is 0.140. The summed E-state index contributed by atoms with van der Waals surface area (Å²) in [6, 6.07) is 5.54. The predicted molar refractivity (Wildman–Crippen MR) is 94.4 cm³/mol. The molecule has 2 N–H and O–H groups in total. The van der Waals surface area contributed by atoms with Crippen molar-refractivity contribution in [3.8, 4) is 6.07 Å². The first kappa shape index (κ1) is 20.7. The zero-order valence-electron chi connectivity index (χ0n) is 14.7. The fourth-order valence-corrected chi connectivity index (χ4v) is 2.93. The maximum atomic E-state index is 12.4. The Morgan fingerprint density at radius 3 is 2.57 bits per heavy atom. The molecule has 0 bridgehead atoms. The van der Waals surface area contributed by atoms with Crippen molar-refractivity contribution < 1.29 is 28.7 Å². The SMILES string of the molecule is COC(=O)CC1=C(C(=O)OC)C(c2ccc([N+](=O)[O-])c(Cl)c2)C(C#N)=C(N)O1. The highest BCUT2D eigenvalue weighted by molar-refractivity contribution is 6.32. The van der Waals surface area contributed by atoms with Gasteiger partial charge in [-0.25, -0.2) is 4.79 Å². The first-order valence-corrected chi connectivity index (χ1v) is 8.02. The number of rotatable bonds is 5. The number of hydrogen-bond acceptors (Lipinski definition) is 9. The lowest BCUT2D eigenvalue weighted by molar-refractivity contribution is -0.384. The van der Waals surface area contributed by atoms with Gasteiger partial charge < -0.3 is 19.9 Å². The molecule has 1 heterocycles. The minimum Gasteiger partial charge on any atom is -0.469 e. The van der Waals surface area contributed by atoms with Crippen molar-refractivity contribution in [1.29, 1.82) is 5.26 Å². The zero-order valence-corrected chi connectivity index (χ0v) is 15.5. The van der Waals surface area contributed by atoms with Crippen molar-refractivity contribution >= 4 is 29.2 Å².